The zero-order chi connectivity index (χ0) is 23.8. The van der Waals surface area contributed by atoms with Gasteiger partial charge in [-0.2, -0.15) is 13.2 Å². The molecule has 2 aromatic carbocycles. The van der Waals surface area contributed by atoms with E-state index in [4.69, 9.17) is 9.90 Å². The van der Waals surface area contributed by atoms with Gasteiger partial charge in [-0.3, -0.25) is 0 Å². The van der Waals surface area contributed by atoms with E-state index in [0.29, 0.717) is 13.1 Å². The van der Waals surface area contributed by atoms with Gasteiger partial charge in [0.2, 0.25) is 0 Å². The number of fused-ring (bicyclic) bond motifs is 1. The predicted octanol–water partition coefficient (Wildman–Crippen LogP) is 3.44. The van der Waals surface area contributed by atoms with E-state index in [0.717, 1.165) is 34.2 Å². The van der Waals surface area contributed by atoms with Crippen molar-refractivity contribution in [3.63, 3.8) is 0 Å². The zero-order valence-corrected chi connectivity index (χ0v) is 18.0. The van der Waals surface area contributed by atoms with Gasteiger partial charge >= 0.3 is 18.2 Å². The molecule has 1 aromatic heterocycles. The largest absolute Gasteiger partial charge is 0.490 e. The normalized spacial score (nSPS) is 12.3. The minimum absolute atomic E-state index is 0.208. The number of aliphatic carboxylic acids is 1. The number of carboxylic acids is 1. The molecule has 1 aliphatic heterocycles. The van der Waals surface area contributed by atoms with Crippen LogP contribution in [0.25, 0.3) is 10.6 Å². The molecule has 2 amide bonds. The van der Waals surface area contributed by atoms with Gasteiger partial charge in [-0.1, -0.05) is 59.9 Å². The molecule has 2 heterocycles. The minimum Gasteiger partial charge on any atom is -0.475 e. The Morgan fingerprint density at radius 3 is 2.36 bits per heavy atom. The number of urea groups is 1. The summed E-state index contributed by atoms with van der Waals surface area (Å²) < 4.78 is 31.7. The quantitative estimate of drug-likeness (QED) is 0.446. The van der Waals surface area contributed by atoms with Crippen LogP contribution >= 0.6 is 11.3 Å². The number of hydrogen-bond acceptors (Lipinski definition) is 6. The number of benzene rings is 2. The van der Waals surface area contributed by atoms with Crippen molar-refractivity contribution in [1.29, 1.82) is 0 Å². The summed E-state index contributed by atoms with van der Waals surface area (Å²) in [6.45, 7) is 2.70. The Morgan fingerprint density at radius 2 is 1.67 bits per heavy atom. The lowest BCUT2D eigenvalue weighted by molar-refractivity contribution is -0.192. The molecule has 0 fully saturated rings. The van der Waals surface area contributed by atoms with E-state index in [1.54, 1.807) is 0 Å². The van der Waals surface area contributed by atoms with Gasteiger partial charge in [0.05, 0.1) is 6.54 Å². The van der Waals surface area contributed by atoms with Gasteiger partial charge in [-0.15, -0.1) is 10.2 Å². The molecule has 12 heteroatoms. The molecule has 0 saturated carbocycles. The van der Waals surface area contributed by atoms with Crippen LogP contribution in [0, 0.1) is 0 Å². The molecular weight excluding hydrogens is 459 g/mol. The summed E-state index contributed by atoms with van der Waals surface area (Å²) in [5, 5.41) is 26.1. The average Bonchev–Trinajstić information content (AvgIpc) is 3.46. The highest BCUT2D eigenvalue weighted by Crippen LogP contribution is 2.22. The summed E-state index contributed by atoms with van der Waals surface area (Å²) in [5.41, 5.74) is 4.78. The van der Waals surface area contributed by atoms with Crippen LogP contribution in [0.1, 0.15) is 21.7 Å². The molecule has 4 N–H and O–H groups in total. The summed E-state index contributed by atoms with van der Waals surface area (Å²) >= 11 is 1.48. The topological polar surface area (TPSA) is 116 Å². The highest BCUT2D eigenvalue weighted by Gasteiger charge is 2.38. The van der Waals surface area contributed by atoms with Gasteiger partial charge < -0.3 is 21.1 Å². The first-order chi connectivity index (χ1) is 15.7. The van der Waals surface area contributed by atoms with Crippen LogP contribution in [-0.2, 0) is 31.0 Å². The Bertz CT molecular complexity index is 1110. The lowest BCUT2D eigenvalue weighted by Gasteiger charge is -2.07. The van der Waals surface area contributed by atoms with E-state index in [-0.39, 0.29) is 6.03 Å². The van der Waals surface area contributed by atoms with Crippen LogP contribution in [0.15, 0.2) is 48.5 Å². The molecule has 0 saturated heterocycles. The van der Waals surface area contributed by atoms with Gasteiger partial charge in [0.1, 0.15) is 10.0 Å². The standard InChI is InChI=1S/C19H19N5OS.C2HF3O2/c25-19(21-9-13-6-7-15-10-20-11-16(15)8-13)22-12-17-23-24-18(26-17)14-4-2-1-3-5-14;3-2(4,5)1(6)7/h1-8,20H,9-12H2,(H2,21,22,25);(H,6,7). The van der Waals surface area contributed by atoms with Crippen LogP contribution in [0.3, 0.4) is 0 Å². The van der Waals surface area contributed by atoms with Gasteiger partial charge in [0.25, 0.3) is 0 Å². The lowest BCUT2D eigenvalue weighted by atomic mass is 10.1. The fourth-order valence-corrected chi connectivity index (χ4v) is 3.67. The van der Waals surface area contributed by atoms with Crippen LogP contribution in [0.4, 0.5) is 18.0 Å². The molecule has 0 bridgehead atoms. The number of carboxylic acid groups (broad SMARTS) is 1. The Kier molecular flexibility index (Phi) is 7.96. The Balaban J connectivity index is 0.000000383. The second-order valence-corrected chi connectivity index (χ2v) is 7.97. The minimum atomic E-state index is -5.08. The molecule has 1 aliphatic rings. The van der Waals surface area contributed by atoms with Crippen molar-refractivity contribution in [3.05, 3.63) is 70.2 Å². The summed E-state index contributed by atoms with van der Waals surface area (Å²) in [7, 11) is 0. The monoisotopic (exact) mass is 479 g/mol. The number of carbonyl (C=O) groups excluding carboxylic acids is 1. The maximum atomic E-state index is 12.0. The van der Waals surface area contributed by atoms with Gasteiger partial charge in [0.15, 0.2) is 0 Å². The van der Waals surface area contributed by atoms with Crippen LogP contribution in [0.2, 0.25) is 0 Å². The van der Waals surface area contributed by atoms with Crippen molar-refractivity contribution in [1.82, 2.24) is 26.1 Å². The first-order valence-corrected chi connectivity index (χ1v) is 10.5. The fraction of sp³-hybridized carbons (Fsp3) is 0.238. The molecule has 33 heavy (non-hydrogen) atoms. The number of hydrogen-bond donors (Lipinski definition) is 4. The van der Waals surface area contributed by atoms with Crippen molar-refractivity contribution in [3.8, 4) is 10.6 Å². The first-order valence-electron chi connectivity index (χ1n) is 9.73. The number of alkyl halides is 3. The molecular formula is C21H20F3N5O3S. The Labute approximate surface area is 190 Å². The van der Waals surface area contributed by atoms with Gasteiger partial charge in [-0.05, 0) is 16.7 Å². The van der Waals surface area contributed by atoms with Gasteiger partial charge in [-0.25, -0.2) is 9.59 Å². The third-order valence-electron chi connectivity index (χ3n) is 4.48. The second-order valence-electron chi connectivity index (χ2n) is 6.91. The number of nitrogens with zero attached hydrogens (tertiary/aromatic N) is 2. The molecule has 0 aliphatic carbocycles. The van der Waals surface area contributed by atoms with Crippen molar-refractivity contribution < 1.29 is 27.9 Å². The highest BCUT2D eigenvalue weighted by atomic mass is 32.1. The number of halogens is 3. The highest BCUT2D eigenvalue weighted by molar-refractivity contribution is 7.14. The van der Waals surface area contributed by atoms with Crippen molar-refractivity contribution in [2.45, 2.75) is 32.4 Å². The number of amides is 2. The molecule has 0 unspecified atom stereocenters. The molecule has 0 radical (unpaired) electrons. The van der Waals surface area contributed by atoms with Crippen molar-refractivity contribution in [2.75, 3.05) is 0 Å². The van der Waals surface area contributed by atoms with E-state index in [2.05, 4.69) is 44.3 Å². The summed E-state index contributed by atoms with van der Waals surface area (Å²) in [6, 6.07) is 16.0. The Hall–Kier alpha value is -3.51. The lowest BCUT2D eigenvalue weighted by Crippen LogP contribution is -2.34. The van der Waals surface area contributed by atoms with Crippen molar-refractivity contribution >= 4 is 23.3 Å². The Morgan fingerprint density at radius 1 is 1.00 bits per heavy atom. The third kappa shape index (κ3) is 7.26. The first kappa shape index (κ1) is 24.1. The van der Waals surface area contributed by atoms with E-state index in [9.17, 15) is 18.0 Å². The zero-order valence-electron chi connectivity index (χ0n) is 17.1. The van der Waals surface area contributed by atoms with E-state index >= 15 is 0 Å². The van der Waals surface area contributed by atoms with Crippen LogP contribution < -0.4 is 16.0 Å². The third-order valence-corrected chi connectivity index (χ3v) is 5.46. The predicted molar refractivity (Wildman–Crippen MR) is 115 cm³/mol. The van der Waals surface area contributed by atoms with E-state index in [1.165, 1.54) is 22.5 Å². The number of nitrogens with one attached hydrogen (secondary N) is 3. The smallest absolute Gasteiger partial charge is 0.475 e. The second kappa shape index (κ2) is 10.9. The molecule has 4 rings (SSSR count). The summed E-state index contributed by atoms with van der Waals surface area (Å²) in [5.74, 6) is -2.76. The SMILES string of the molecule is O=C(NCc1ccc2c(c1)CNC2)NCc1nnc(-c2ccccc2)s1.O=C(O)C(F)(F)F. The maximum Gasteiger partial charge on any atom is 0.490 e. The maximum absolute atomic E-state index is 12.0. The molecule has 0 atom stereocenters. The molecule has 0 spiro atoms. The molecule has 3 aromatic rings. The van der Waals surface area contributed by atoms with Crippen LogP contribution in [-0.4, -0.2) is 33.5 Å². The van der Waals surface area contributed by atoms with E-state index in [1.807, 2.05) is 30.3 Å². The number of rotatable bonds is 5. The molecule has 174 valence electrons. The molecule has 8 nitrogen and oxygen atoms in total. The number of carbonyl (C=O) groups is 2. The number of aromatic nitrogens is 2. The van der Waals surface area contributed by atoms with Crippen molar-refractivity contribution in [2.24, 2.45) is 0 Å². The average molecular weight is 479 g/mol. The summed E-state index contributed by atoms with van der Waals surface area (Å²) in [6.07, 6.45) is -5.08. The van der Waals surface area contributed by atoms with E-state index < -0.39 is 12.1 Å². The summed E-state index contributed by atoms with van der Waals surface area (Å²) in [4.78, 5) is 20.9. The van der Waals surface area contributed by atoms with Crippen LogP contribution in [0.5, 0.6) is 0 Å². The fourth-order valence-electron chi connectivity index (χ4n) is 2.88. The van der Waals surface area contributed by atoms with Gasteiger partial charge in [0, 0.05) is 25.2 Å².